The normalized spacial score (nSPS) is 29.6. The van der Waals surface area contributed by atoms with Crippen LogP contribution in [0.15, 0.2) is 84.9 Å². The zero-order chi connectivity index (χ0) is 133. The number of carbonyl (C=O) groups excluding carboxylic acids is 5. The van der Waals surface area contributed by atoms with Crippen molar-refractivity contribution < 1.29 is 199 Å². The number of esters is 3. The average molecular weight is 1310 g/mol. The number of carbonyl (C=O) groups is 5. The molecule has 77 heavy (non-hydrogen) atoms. The van der Waals surface area contributed by atoms with E-state index in [1.165, 1.54) is 58.9 Å². The number of hydrogen-bond donors (Lipinski definition) is 5. The molecule has 20 heteroatoms. The number of aliphatic hydroxyl groups is 3. The minimum absolute atomic E-state index is 0.0669. The minimum Gasteiger partial charge on any atom is -0.462 e. The van der Waals surface area contributed by atoms with E-state index < -0.39 is 61.3 Å². The van der Waals surface area contributed by atoms with Gasteiger partial charge in [0, 0.05) is 172 Å². The number of benzene rings is 4. The Hall–Kier alpha value is -6.55. The Labute approximate surface area is 564 Å². The molecule has 2 amide bonds. The van der Waals surface area contributed by atoms with Gasteiger partial charge in [0.2, 0.25) is 30.7 Å². The fourth-order valence-electron chi connectivity index (χ4n) is 8.65. The van der Waals surface area contributed by atoms with E-state index in [9.17, 15) is 48.1 Å². The molecule has 7 rings (SSSR count). The van der Waals surface area contributed by atoms with E-state index in [2.05, 4.69) is 10.6 Å². The second kappa shape index (κ2) is 29.3. The first-order chi connectivity index (χ1) is 74.5. The summed E-state index contributed by atoms with van der Waals surface area (Å²) in [4.78, 5) is 55.9. The maximum atomic E-state index is 13.9. The summed E-state index contributed by atoms with van der Waals surface area (Å²) in [7, 11) is 0. The third-order valence-electron chi connectivity index (χ3n) is 13.2. The number of ether oxygens (including phenoxy) is 8. The third kappa shape index (κ3) is 18.6. The van der Waals surface area contributed by atoms with E-state index in [0.29, 0.717) is 67.3 Å². The first kappa shape index (κ1) is 26.9. The zero-order valence-electron chi connectivity index (χ0n) is 121. The Morgan fingerprint density at radius 1 is 0.558 bits per heavy atom. The summed E-state index contributed by atoms with van der Waals surface area (Å²) in [6.45, 7) is 16.6. The molecule has 0 radical (unpaired) electrons. The molecule has 496 valence electrons. The van der Waals surface area contributed by atoms with E-state index in [1.54, 1.807) is 36.4 Å². The molecule has 4 aromatic rings. The molecule has 3 fully saturated rings. The van der Waals surface area contributed by atoms with E-state index in [4.69, 9.17) is 151 Å². The van der Waals surface area contributed by atoms with Crippen LogP contribution in [0.4, 0.5) is 8.78 Å². The predicted molar refractivity (Wildman–Crippen MR) is 357 cm³/mol. The lowest BCUT2D eigenvalue weighted by Crippen LogP contribution is -2.54. The first-order valence-electron chi connectivity index (χ1n) is 63.5. The van der Waals surface area contributed by atoms with E-state index in [0.717, 1.165) is 16.7 Å². The second-order valence-electron chi connectivity index (χ2n) is 19.4. The van der Waals surface area contributed by atoms with Crippen molar-refractivity contribution in [3.8, 4) is 33.8 Å². The summed E-state index contributed by atoms with van der Waals surface area (Å²) < 4.78 is 452. The van der Waals surface area contributed by atoms with E-state index >= 15 is 0 Å². The molecular formula is C57H148F2N2O16. The highest BCUT2D eigenvalue weighted by molar-refractivity contribution is 5.74. The monoisotopic (exact) mass is 1310 g/mol. The van der Waals surface area contributed by atoms with Gasteiger partial charge in [0.25, 0.3) is 0 Å². The topological polar surface area (TPSA) is 244 Å². The number of aliphatic hydroxyl groups excluding tert-OH is 3. The predicted octanol–water partition coefficient (Wildman–Crippen LogP) is 15.6. The summed E-state index contributed by atoms with van der Waals surface area (Å²) in [5, 5.41) is 34.9. The highest BCUT2D eigenvalue weighted by atomic mass is 19.1. The van der Waals surface area contributed by atoms with Crippen molar-refractivity contribution in [1.82, 2.24) is 10.6 Å². The Balaban J connectivity index is -0.0000000334. The number of amides is 2. The maximum Gasteiger partial charge on any atom is 0.305 e. The molecule has 0 aromatic heterocycles. The molecular weight excluding hydrogens is 1010 g/mol. The molecule has 0 aliphatic carbocycles. The molecule has 0 spiro atoms. The fraction of sp³-hybridized carbons (Fsp3) is 0.491. The van der Waals surface area contributed by atoms with Crippen LogP contribution in [0.1, 0.15) is 186 Å². The quantitative estimate of drug-likeness (QED) is 0.0549. The van der Waals surface area contributed by atoms with Crippen molar-refractivity contribution in [2.45, 2.75) is 125 Å². The fourth-order valence-corrected chi connectivity index (χ4v) is 8.65. The van der Waals surface area contributed by atoms with Gasteiger partial charge in [0.05, 0.1) is 19.8 Å². The Morgan fingerprint density at radius 3 is 1.40 bits per heavy atom. The highest BCUT2D eigenvalue weighted by Crippen LogP contribution is 2.35. The number of nitrogens with one attached hydrogen (secondary N) is 2. The van der Waals surface area contributed by atoms with Crippen molar-refractivity contribution >= 4 is 29.7 Å². The third-order valence-corrected chi connectivity index (χ3v) is 13.2. The number of halogens is 2. The second-order valence-corrected chi connectivity index (χ2v) is 19.4. The summed E-state index contributed by atoms with van der Waals surface area (Å²) >= 11 is 0. The number of rotatable bonds is 15. The molecule has 3 heterocycles. The van der Waals surface area contributed by atoms with Gasteiger partial charge in [-0.2, -0.15) is 0 Å². The van der Waals surface area contributed by atoms with E-state index in [1.807, 2.05) is 52.0 Å². The van der Waals surface area contributed by atoms with Crippen LogP contribution in [0.3, 0.4) is 0 Å². The molecule has 5 N–H and O–H groups in total. The summed E-state index contributed by atoms with van der Waals surface area (Å²) in [5.41, 5.74) is 4.66. The Bertz CT molecular complexity index is 2770. The lowest BCUT2D eigenvalue weighted by atomic mass is 9.88. The van der Waals surface area contributed by atoms with E-state index in [-0.39, 0.29) is 59.7 Å². The first-order valence-corrected chi connectivity index (χ1v) is 25.5. The van der Waals surface area contributed by atoms with Crippen LogP contribution in [0.2, 0.25) is 0 Å². The van der Waals surface area contributed by atoms with Crippen LogP contribution in [-0.4, -0.2) is 127 Å². The van der Waals surface area contributed by atoms with Gasteiger partial charge in [-0.05, 0) is 107 Å². The van der Waals surface area contributed by atoms with Gasteiger partial charge in [0.1, 0.15) is 41.4 Å². The molecule has 12 atom stereocenters. The van der Waals surface area contributed by atoms with Crippen molar-refractivity contribution in [2.75, 3.05) is 32.9 Å². The number of hydrogen-bond acceptors (Lipinski definition) is 16. The van der Waals surface area contributed by atoms with Gasteiger partial charge in [-0.3, -0.25) is 24.0 Å². The standard InChI is InChI=1S/C25H30FNO5.C21H24FNO6.C11H18O5.38H2/c1-15-14-30-25(24(16(15)2)31-18(4)29)32-22-9-8-19(10-11-27-17(3)28)23(13-22)20-6-5-7-21(26)12-20;1-12(24)23-8-7-13-5-6-16(10-17(13)14-3-2-4-15(22)9-14)29-21-20(27)19(26)18(25)11-28-21;1-6-5-14-11(16-9(4)13)10(7(6)2)15-8(3)12;;;;;;;;;;;;;;;;;;;;;;;;;;;;;;;;;;;;;;/h5-9,12-13,15-16,24-25H,10-11,14H2,1-4H3,(H,27,28);2-6,9-10,18-21,25-27H,7-8,11H2,1H3,(H,23,24);6-7,10-11H,5H2,1-4H3;38*1H/t15-,16+,24-,25?;18-,19+,20-,21?;6-,7+,10-,11+;;;;;;;;;;;;;;;;;;;;;;;;;;;;;;;;;;;;;;/m111....................................../s1/i;;;38*1+2T. The Kier molecular flexibility index (Phi) is 10.2. The Morgan fingerprint density at radius 2 is 0.974 bits per heavy atom. The van der Waals surface area contributed by atoms with Gasteiger partial charge in [-0.15, -0.1) is 0 Å². The molecule has 3 aliphatic heterocycles. The SMILES string of the molecule is CC(=O)NCCc1ccc(OC2OC[C@@H](C)[C@H](C)[C@H]2OC(C)=O)cc1-c1cccc(F)c1.CC(=O)NCCc1ccc(OC2OC[C@@H](O)[C@H](O)[C@H]2O)cc1-c1cccc(F)c1.CC(=O)O[C@@H]1OC[C@@H](C)[C@H](C)[C@H]1OC(C)=O.[3H][3H].[3H][3H].[3H][3H].[3H][3H].[3H][3H].[3H][3H].[3H][3H].[3H][3H].[3H][3H].[3H][3H].[3H][3H].[3H][3H].[3H][3H].[3H][3H].[3H][3H].[3H][3H].[3H][3H].[3H][3H].[3H][3H].[3H][3H].[3H][3H].[3H][3H].[3H][3H].[3H][3H].[3H][3H].[3H][3H].[3H][3H].[3H][3H].[3H][3H].[3H][3H].[3H][3H].[3H][3H].[3H][3H].[3H][3H].[3H][3H].[3H][3H].[3H][3H].[3H][3H]. The van der Waals surface area contributed by atoms with Crippen LogP contribution in [0.25, 0.3) is 22.3 Å². The van der Waals surface area contributed by atoms with Crippen LogP contribution >= 0.6 is 0 Å². The van der Waals surface area contributed by atoms with Gasteiger partial charge in [0.15, 0.2) is 12.2 Å². The maximum absolute atomic E-state index is 13.9. The minimum atomic E-state index is -1.42. The lowest BCUT2D eigenvalue weighted by molar-refractivity contribution is -0.244. The molecule has 0 saturated carbocycles. The summed E-state index contributed by atoms with van der Waals surface area (Å²) in [5.74, 6) is -0.671. The van der Waals surface area contributed by atoms with Gasteiger partial charge in [-0.25, -0.2) is 8.78 Å². The van der Waals surface area contributed by atoms with Crippen LogP contribution in [0, 0.1) is 35.3 Å². The zero-order valence-corrected chi connectivity index (χ0v) is 44.9. The van der Waals surface area contributed by atoms with Crippen molar-refractivity contribution in [3.63, 3.8) is 0 Å². The van der Waals surface area contributed by atoms with Crippen molar-refractivity contribution in [1.29, 1.82) is 0 Å². The summed E-state index contributed by atoms with van der Waals surface area (Å²) in [6.07, 6.45) is -6.62. The van der Waals surface area contributed by atoms with Crippen LogP contribution in [0.5, 0.6) is 11.5 Å². The highest BCUT2D eigenvalue weighted by Gasteiger charge is 2.42. The largest absolute Gasteiger partial charge is 0.462 e. The van der Waals surface area contributed by atoms with Crippen LogP contribution < -0.4 is 20.1 Å². The van der Waals surface area contributed by atoms with Gasteiger partial charge in [-0.1, -0.05) is 64.1 Å². The molecule has 3 saturated heterocycles. The lowest BCUT2D eigenvalue weighted by Gasteiger charge is -2.39. The van der Waals surface area contributed by atoms with Crippen LogP contribution in [-0.2, 0) is 65.2 Å². The smallest absolute Gasteiger partial charge is 0.305 e. The molecule has 0 bridgehead atoms. The average Bonchev–Trinajstić information content (AvgIpc) is 0.807. The molecule has 18 nitrogen and oxygen atoms in total. The van der Waals surface area contributed by atoms with Gasteiger partial charge < -0.3 is 63.8 Å². The van der Waals surface area contributed by atoms with Crippen molar-refractivity contribution in [3.05, 3.63) is 108 Å². The molecule has 3 aliphatic rings. The van der Waals surface area contributed by atoms with Crippen molar-refractivity contribution in [2.24, 2.45) is 23.7 Å². The summed E-state index contributed by atoms with van der Waals surface area (Å²) in [6, 6.07) is 23.1. The van der Waals surface area contributed by atoms with Gasteiger partial charge >= 0.3 is 17.9 Å². The molecule has 4 aromatic carbocycles. The molecule has 2 unspecified atom stereocenters.